The highest BCUT2D eigenvalue weighted by Gasteiger charge is 2.57. The summed E-state index contributed by atoms with van der Waals surface area (Å²) in [5.74, 6) is 0. The van der Waals surface area contributed by atoms with Crippen LogP contribution >= 0.6 is 0 Å². The van der Waals surface area contributed by atoms with Crippen LogP contribution in [0.2, 0.25) is 0 Å². The smallest absolute Gasteiger partial charge is 0.161 e. The fraction of sp³-hybridized carbons (Fsp3) is 0.412. The highest BCUT2D eigenvalue weighted by Crippen LogP contribution is 2.36. The minimum absolute atomic E-state index is 0.235. The number of aliphatic hydroxyl groups is 1. The standard InChI is InChI=1S/C17H21N5O3/c1-11-7-9-13(10-8-11)19-17(23)16-12(2)21(22(24)25)15-6-4-3-5-14(15)20(16)18-19/h3-10,12,14-18,23H,1-2H3. The summed E-state index contributed by atoms with van der Waals surface area (Å²) in [5, 5.41) is 27.0. The quantitative estimate of drug-likeness (QED) is 0.612. The second kappa shape index (κ2) is 5.83. The molecule has 25 heavy (non-hydrogen) atoms. The molecule has 0 bridgehead atoms. The first kappa shape index (κ1) is 16.1. The molecule has 132 valence electrons. The Morgan fingerprint density at radius 1 is 1.16 bits per heavy atom. The number of benzene rings is 1. The number of nitrogens with zero attached hydrogens (tertiary/aromatic N) is 4. The highest BCUT2D eigenvalue weighted by atomic mass is 16.7. The SMILES string of the molecule is Cc1ccc(N2NN3C4C=CC=CC4N([N+](=O)[O-])C(C)C3C2O)cc1. The third-order valence-electron chi connectivity index (χ3n) is 5.23. The molecule has 5 unspecified atom stereocenters. The fourth-order valence-electron chi connectivity index (χ4n) is 3.98. The van der Waals surface area contributed by atoms with Crippen LogP contribution in [0.15, 0.2) is 48.6 Å². The van der Waals surface area contributed by atoms with Crippen molar-refractivity contribution in [2.75, 3.05) is 5.01 Å². The Morgan fingerprint density at radius 3 is 2.44 bits per heavy atom. The predicted octanol–water partition coefficient (Wildman–Crippen LogP) is 0.983. The van der Waals surface area contributed by atoms with Crippen molar-refractivity contribution in [3.8, 4) is 0 Å². The molecule has 2 fully saturated rings. The van der Waals surface area contributed by atoms with Gasteiger partial charge in [0.15, 0.2) is 11.3 Å². The molecular weight excluding hydrogens is 322 g/mol. The van der Waals surface area contributed by atoms with E-state index >= 15 is 0 Å². The first-order valence-corrected chi connectivity index (χ1v) is 8.35. The molecule has 0 spiro atoms. The third-order valence-corrected chi connectivity index (χ3v) is 5.23. The summed E-state index contributed by atoms with van der Waals surface area (Å²) in [6, 6.07) is 6.27. The molecule has 0 amide bonds. The van der Waals surface area contributed by atoms with Crippen LogP contribution in [-0.4, -0.2) is 50.6 Å². The van der Waals surface area contributed by atoms with Gasteiger partial charge in [-0.3, -0.25) is 5.01 Å². The van der Waals surface area contributed by atoms with Crippen LogP contribution in [0.25, 0.3) is 0 Å². The monoisotopic (exact) mass is 343 g/mol. The van der Waals surface area contributed by atoms with E-state index < -0.39 is 18.3 Å². The number of nitro groups is 1. The molecule has 4 rings (SSSR count). The van der Waals surface area contributed by atoms with Crippen molar-refractivity contribution in [2.24, 2.45) is 0 Å². The molecule has 0 aromatic heterocycles. The van der Waals surface area contributed by atoms with Gasteiger partial charge in [-0.1, -0.05) is 42.0 Å². The van der Waals surface area contributed by atoms with E-state index in [1.807, 2.05) is 60.5 Å². The topological polar surface area (TPSA) is 85.1 Å². The van der Waals surface area contributed by atoms with Gasteiger partial charge in [-0.15, -0.1) is 5.01 Å². The summed E-state index contributed by atoms with van der Waals surface area (Å²) in [6.07, 6.45) is 6.57. The molecule has 5 atom stereocenters. The molecule has 8 nitrogen and oxygen atoms in total. The predicted molar refractivity (Wildman–Crippen MR) is 92.6 cm³/mol. The molecule has 3 aliphatic rings. The van der Waals surface area contributed by atoms with E-state index in [4.69, 9.17) is 0 Å². The first-order chi connectivity index (χ1) is 12.0. The van der Waals surface area contributed by atoms with Crippen molar-refractivity contribution in [3.05, 3.63) is 64.2 Å². The number of hydrogen-bond acceptors (Lipinski definition) is 6. The lowest BCUT2D eigenvalue weighted by molar-refractivity contribution is -0.676. The molecule has 1 aromatic rings. The molecule has 1 aliphatic carbocycles. The van der Waals surface area contributed by atoms with Crippen molar-refractivity contribution < 1.29 is 10.1 Å². The zero-order chi connectivity index (χ0) is 17.7. The number of hydrazine groups is 3. The number of allylic oxidation sites excluding steroid dienone is 2. The average Bonchev–Trinajstić information content (AvgIpc) is 2.94. The van der Waals surface area contributed by atoms with Gasteiger partial charge in [0, 0.05) is 0 Å². The maximum Gasteiger partial charge on any atom is 0.161 e. The minimum atomic E-state index is -0.902. The second-order valence-corrected chi connectivity index (χ2v) is 6.73. The summed E-state index contributed by atoms with van der Waals surface area (Å²) >= 11 is 0. The molecule has 2 heterocycles. The van der Waals surface area contributed by atoms with Gasteiger partial charge >= 0.3 is 0 Å². The van der Waals surface area contributed by atoms with Crippen molar-refractivity contribution in [2.45, 2.75) is 44.2 Å². The van der Waals surface area contributed by atoms with Crippen LogP contribution in [0.4, 0.5) is 5.69 Å². The van der Waals surface area contributed by atoms with Crippen molar-refractivity contribution in [3.63, 3.8) is 0 Å². The lowest BCUT2D eigenvalue weighted by atomic mass is 9.92. The Kier molecular flexibility index (Phi) is 3.75. The zero-order valence-corrected chi connectivity index (χ0v) is 14.1. The molecule has 8 heteroatoms. The third kappa shape index (κ3) is 2.41. The zero-order valence-electron chi connectivity index (χ0n) is 14.1. The van der Waals surface area contributed by atoms with Crippen molar-refractivity contribution in [1.82, 2.24) is 15.6 Å². The lowest BCUT2D eigenvalue weighted by Gasteiger charge is -2.46. The Bertz CT molecular complexity index is 734. The Labute approximate surface area is 145 Å². The van der Waals surface area contributed by atoms with E-state index in [9.17, 15) is 15.2 Å². The Morgan fingerprint density at radius 2 is 1.80 bits per heavy atom. The van der Waals surface area contributed by atoms with Crippen molar-refractivity contribution >= 4 is 5.69 Å². The number of rotatable bonds is 2. The van der Waals surface area contributed by atoms with Gasteiger partial charge in [0.1, 0.15) is 12.1 Å². The van der Waals surface area contributed by atoms with Gasteiger partial charge in [-0.2, -0.15) is 5.53 Å². The molecule has 0 saturated carbocycles. The number of hydrogen-bond donors (Lipinski definition) is 2. The lowest BCUT2D eigenvalue weighted by Crippen LogP contribution is -2.69. The maximum absolute atomic E-state index is 11.6. The van der Waals surface area contributed by atoms with Crippen LogP contribution < -0.4 is 10.5 Å². The van der Waals surface area contributed by atoms with Gasteiger partial charge in [-0.05, 0) is 26.0 Å². The molecule has 2 aliphatic heterocycles. The summed E-state index contributed by atoms with van der Waals surface area (Å²) in [7, 11) is 0. The van der Waals surface area contributed by atoms with Gasteiger partial charge in [0.05, 0.1) is 17.8 Å². The number of fused-ring (bicyclic) bond motifs is 3. The number of piperazine rings is 1. The van der Waals surface area contributed by atoms with Crippen LogP contribution in [0, 0.1) is 17.0 Å². The number of aryl methyl sites for hydroxylation is 1. The Balaban J connectivity index is 1.71. The number of nitrogens with one attached hydrogen (secondary N) is 1. The molecule has 2 saturated heterocycles. The van der Waals surface area contributed by atoms with E-state index in [-0.39, 0.29) is 17.1 Å². The maximum atomic E-state index is 11.6. The van der Waals surface area contributed by atoms with E-state index in [1.54, 1.807) is 11.9 Å². The van der Waals surface area contributed by atoms with Gasteiger partial charge in [0.2, 0.25) is 0 Å². The van der Waals surface area contributed by atoms with Crippen LogP contribution in [0.5, 0.6) is 0 Å². The van der Waals surface area contributed by atoms with Gasteiger partial charge in [-0.25, -0.2) is 15.1 Å². The number of anilines is 1. The van der Waals surface area contributed by atoms with Crippen LogP contribution in [0.3, 0.4) is 0 Å². The van der Waals surface area contributed by atoms with E-state index in [1.165, 1.54) is 5.01 Å². The molecular formula is C17H21N5O3. The van der Waals surface area contributed by atoms with E-state index in [0.29, 0.717) is 0 Å². The molecule has 0 radical (unpaired) electrons. The summed E-state index contributed by atoms with van der Waals surface area (Å²) in [6.45, 7) is 3.79. The highest BCUT2D eigenvalue weighted by molar-refractivity contribution is 5.48. The van der Waals surface area contributed by atoms with Gasteiger partial charge in [0.25, 0.3) is 0 Å². The Hall–Kier alpha value is -2.42. The summed E-state index contributed by atoms with van der Waals surface area (Å²) in [5.41, 5.74) is 5.20. The van der Waals surface area contributed by atoms with Crippen LogP contribution in [0.1, 0.15) is 12.5 Å². The normalized spacial score (nSPS) is 34.1. The minimum Gasteiger partial charge on any atom is -0.370 e. The fourth-order valence-corrected chi connectivity index (χ4v) is 3.98. The summed E-state index contributed by atoms with van der Waals surface area (Å²) < 4.78 is 0. The summed E-state index contributed by atoms with van der Waals surface area (Å²) in [4.78, 5) is 11.6. The first-order valence-electron chi connectivity index (χ1n) is 8.35. The average molecular weight is 343 g/mol. The van der Waals surface area contributed by atoms with E-state index in [2.05, 4.69) is 5.53 Å². The largest absolute Gasteiger partial charge is 0.370 e. The second-order valence-electron chi connectivity index (χ2n) is 6.73. The van der Waals surface area contributed by atoms with Crippen LogP contribution in [-0.2, 0) is 0 Å². The van der Waals surface area contributed by atoms with Gasteiger partial charge < -0.3 is 5.11 Å². The van der Waals surface area contributed by atoms with Crippen molar-refractivity contribution in [1.29, 1.82) is 0 Å². The number of aliphatic hydroxyl groups excluding tert-OH is 1. The van der Waals surface area contributed by atoms with E-state index in [0.717, 1.165) is 11.3 Å². The molecule has 1 aromatic carbocycles. The molecule has 2 N–H and O–H groups in total.